The minimum absolute atomic E-state index is 0.00365. The van der Waals surface area contributed by atoms with Crippen molar-refractivity contribution in [3.8, 4) is 0 Å². The van der Waals surface area contributed by atoms with E-state index in [1.54, 1.807) is 18.8 Å². The van der Waals surface area contributed by atoms with Crippen molar-refractivity contribution in [1.82, 2.24) is 4.57 Å². The van der Waals surface area contributed by atoms with Gasteiger partial charge in [-0.1, -0.05) is 0 Å². The van der Waals surface area contributed by atoms with Gasteiger partial charge in [0.1, 0.15) is 6.10 Å². The number of aliphatic imine (C=N–C) groups is 1. The molecule has 0 radical (unpaired) electrons. The van der Waals surface area contributed by atoms with Crippen molar-refractivity contribution in [2.24, 2.45) is 23.1 Å². The summed E-state index contributed by atoms with van der Waals surface area (Å²) in [6.07, 6.45) is 1.33. The Labute approximate surface area is 154 Å². The van der Waals surface area contributed by atoms with Crippen LogP contribution in [0.4, 0.5) is 0 Å². The number of fused-ring (bicyclic) bond motifs is 2. The van der Waals surface area contributed by atoms with Crippen LogP contribution in [-0.4, -0.2) is 51.8 Å². The van der Waals surface area contributed by atoms with Crippen molar-refractivity contribution < 1.29 is 18.6 Å². The second-order valence-electron chi connectivity index (χ2n) is 6.42. The SMILES string of the molecule is Cn1c(S(N)(=O)=O)cc2c1C(O)C(C1=CC3SCCC(O)C3=N1)CS2. The molecule has 0 aromatic carbocycles. The van der Waals surface area contributed by atoms with E-state index in [0.29, 0.717) is 17.9 Å². The molecule has 10 heteroatoms. The summed E-state index contributed by atoms with van der Waals surface area (Å²) in [5, 5.41) is 26.4. The van der Waals surface area contributed by atoms with Gasteiger partial charge in [-0.15, -0.1) is 23.5 Å². The lowest BCUT2D eigenvalue weighted by Gasteiger charge is -2.28. The van der Waals surface area contributed by atoms with E-state index in [9.17, 15) is 18.6 Å². The van der Waals surface area contributed by atoms with Crippen LogP contribution in [0.5, 0.6) is 0 Å². The third-order valence-electron chi connectivity index (χ3n) is 4.85. The van der Waals surface area contributed by atoms with E-state index in [-0.39, 0.29) is 16.2 Å². The van der Waals surface area contributed by atoms with Crippen LogP contribution in [0.25, 0.3) is 0 Å². The first-order valence-electron chi connectivity index (χ1n) is 7.90. The molecule has 0 amide bonds. The van der Waals surface area contributed by atoms with Crippen LogP contribution in [0.2, 0.25) is 0 Å². The lowest BCUT2D eigenvalue weighted by molar-refractivity contribution is 0.122. The number of aliphatic hydroxyl groups is 2. The molecule has 1 saturated heterocycles. The van der Waals surface area contributed by atoms with Gasteiger partial charge in [0.15, 0.2) is 5.03 Å². The van der Waals surface area contributed by atoms with Crippen LogP contribution < -0.4 is 5.14 Å². The average molecular weight is 402 g/mol. The molecule has 4 heterocycles. The van der Waals surface area contributed by atoms with Gasteiger partial charge in [0.2, 0.25) is 0 Å². The minimum Gasteiger partial charge on any atom is -0.387 e. The van der Waals surface area contributed by atoms with E-state index in [4.69, 9.17) is 5.14 Å². The predicted octanol–water partition coefficient (Wildman–Crippen LogP) is 0.633. The zero-order chi connectivity index (χ0) is 17.9. The summed E-state index contributed by atoms with van der Waals surface area (Å²) < 4.78 is 24.9. The number of hydrogen-bond donors (Lipinski definition) is 3. The van der Waals surface area contributed by atoms with Gasteiger partial charge in [-0.2, -0.15) is 0 Å². The average Bonchev–Trinajstić information content (AvgIpc) is 3.10. The molecule has 3 aliphatic rings. The first-order valence-corrected chi connectivity index (χ1v) is 11.5. The Morgan fingerprint density at radius 3 is 2.84 bits per heavy atom. The van der Waals surface area contributed by atoms with Crippen LogP contribution in [-0.2, 0) is 17.1 Å². The highest BCUT2D eigenvalue weighted by atomic mass is 32.2. The molecule has 25 heavy (non-hydrogen) atoms. The summed E-state index contributed by atoms with van der Waals surface area (Å²) in [6.45, 7) is 0. The Morgan fingerprint density at radius 2 is 2.16 bits per heavy atom. The lowest BCUT2D eigenvalue weighted by atomic mass is 9.97. The fourth-order valence-electron chi connectivity index (χ4n) is 3.56. The van der Waals surface area contributed by atoms with Crippen LogP contribution in [0.15, 0.2) is 32.8 Å². The van der Waals surface area contributed by atoms with Crippen molar-refractivity contribution in [1.29, 1.82) is 0 Å². The smallest absolute Gasteiger partial charge is 0.253 e. The Bertz CT molecular complexity index is 890. The van der Waals surface area contributed by atoms with Gasteiger partial charge in [0, 0.05) is 29.3 Å². The van der Waals surface area contributed by atoms with Crippen LogP contribution >= 0.6 is 23.5 Å². The zero-order valence-electron chi connectivity index (χ0n) is 13.5. The number of nitrogens with zero attached hydrogens (tertiary/aromatic N) is 2. The van der Waals surface area contributed by atoms with E-state index in [2.05, 4.69) is 4.99 Å². The summed E-state index contributed by atoms with van der Waals surface area (Å²) in [7, 11) is -2.26. The van der Waals surface area contributed by atoms with Gasteiger partial charge < -0.3 is 14.8 Å². The number of sulfonamides is 1. The van der Waals surface area contributed by atoms with Gasteiger partial charge in [-0.05, 0) is 24.3 Å². The summed E-state index contributed by atoms with van der Waals surface area (Å²) in [5.74, 6) is 1.24. The molecule has 4 unspecified atom stereocenters. The van der Waals surface area contributed by atoms with Crippen molar-refractivity contribution in [3.05, 3.63) is 23.5 Å². The van der Waals surface area contributed by atoms with Crippen molar-refractivity contribution >= 4 is 39.3 Å². The fourth-order valence-corrected chi connectivity index (χ4v) is 6.94. The largest absolute Gasteiger partial charge is 0.387 e. The molecule has 1 aromatic rings. The second-order valence-corrected chi connectivity index (χ2v) is 10.2. The van der Waals surface area contributed by atoms with Gasteiger partial charge >= 0.3 is 0 Å². The van der Waals surface area contributed by atoms with E-state index in [1.165, 1.54) is 22.4 Å². The van der Waals surface area contributed by atoms with Crippen molar-refractivity contribution in [2.45, 2.75) is 33.8 Å². The third kappa shape index (κ3) is 2.88. The minimum atomic E-state index is -3.85. The Kier molecular flexibility index (Phi) is 4.33. The van der Waals surface area contributed by atoms with E-state index in [0.717, 1.165) is 22.1 Å². The number of thioether (sulfide) groups is 2. The summed E-state index contributed by atoms with van der Waals surface area (Å²) >= 11 is 3.24. The van der Waals surface area contributed by atoms with Gasteiger partial charge in [0.25, 0.3) is 10.0 Å². The maximum Gasteiger partial charge on any atom is 0.253 e. The Morgan fingerprint density at radius 1 is 1.40 bits per heavy atom. The van der Waals surface area contributed by atoms with Crippen LogP contribution in [0.3, 0.4) is 0 Å². The molecular weight excluding hydrogens is 382 g/mol. The topological polar surface area (TPSA) is 118 Å². The molecule has 0 spiro atoms. The highest BCUT2D eigenvalue weighted by Crippen LogP contribution is 2.46. The highest BCUT2D eigenvalue weighted by molar-refractivity contribution is 8.01. The second kappa shape index (κ2) is 6.14. The number of aromatic nitrogens is 1. The standard InChI is InChI=1S/C15H19N3O4S3/c1-18-12(25(16,21)22)5-11-14(18)15(20)7(6-24-11)8-4-10-13(17-8)9(19)2-3-23-10/h4-5,7,9-10,15,19-20H,2-3,6H2,1H3,(H2,16,21,22). The van der Waals surface area contributed by atoms with Gasteiger partial charge in [-0.25, -0.2) is 13.6 Å². The first-order chi connectivity index (χ1) is 11.8. The number of aliphatic hydroxyl groups excluding tert-OH is 2. The molecule has 3 aliphatic heterocycles. The molecule has 0 saturated carbocycles. The molecule has 4 rings (SSSR count). The summed E-state index contributed by atoms with van der Waals surface area (Å²) in [6, 6.07) is 1.52. The molecule has 0 aliphatic carbocycles. The van der Waals surface area contributed by atoms with Crippen molar-refractivity contribution in [2.75, 3.05) is 11.5 Å². The molecule has 1 fully saturated rings. The molecule has 0 bridgehead atoms. The van der Waals surface area contributed by atoms with Crippen LogP contribution in [0.1, 0.15) is 18.2 Å². The predicted molar refractivity (Wildman–Crippen MR) is 98.3 cm³/mol. The summed E-state index contributed by atoms with van der Waals surface area (Å²) in [4.78, 5) is 5.33. The first kappa shape index (κ1) is 17.6. The Balaban J connectivity index is 1.69. The molecule has 1 aromatic heterocycles. The van der Waals surface area contributed by atoms with E-state index in [1.807, 2.05) is 6.08 Å². The summed E-state index contributed by atoms with van der Waals surface area (Å²) in [5.41, 5.74) is 2.10. The molecule has 7 nitrogen and oxygen atoms in total. The normalized spacial score (nSPS) is 32.0. The van der Waals surface area contributed by atoms with Crippen LogP contribution in [0, 0.1) is 5.92 Å². The molecule has 4 atom stereocenters. The number of hydrogen-bond acceptors (Lipinski definition) is 7. The third-order valence-corrected chi connectivity index (χ3v) is 8.20. The number of rotatable bonds is 2. The van der Waals surface area contributed by atoms with E-state index < -0.39 is 22.2 Å². The van der Waals surface area contributed by atoms with Gasteiger partial charge in [-0.3, -0.25) is 4.99 Å². The molecule has 4 N–H and O–H groups in total. The maximum absolute atomic E-state index is 11.7. The quantitative estimate of drug-likeness (QED) is 0.669. The highest BCUT2D eigenvalue weighted by Gasteiger charge is 2.39. The number of nitrogens with two attached hydrogens (primary N) is 1. The zero-order valence-corrected chi connectivity index (χ0v) is 15.9. The van der Waals surface area contributed by atoms with E-state index >= 15 is 0 Å². The fraction of sp³-hybridized carbons (Fsp3) is 0.533. The molecular formula is C15H19N3O4S3. The maximum atomic E-state index is 11.7. The van der Waals surface area contributed by atoms with Gasteiger partial charge in [0.05, 0.1) is 22.8 Å². The van der Waals surface area contributed by atoms with Crippen molar-refractivity contribution in [3.63, 3.8) is 0 Å². The monoisotopic (exact) mass is 401 g/mol. The lowest BCUT2D eigenvalue weighted by Crippen LogP contribution is -2.32. The molecule has 136 valence electrons. The number of primary sulfonamides is 1. The Hall–Kier alpha value is -0.780.